The quantitative estimate of drug-likeness (QED) is 0.493. The number of rotatable bonds is 10. The van der Waals surface area contributed by atoms with E-state index in [1.54, 1.807) is 18.2 Å². The third-order valence-electron chi connectivity index (χ3n) is 7.18. The molecule has 1 fully saturated rings. The molecule has 0 aromatic heterocycles. The highest BCUT2D eigenvalue weighted by Gasteiger charge is 2.33. The van der Waals surface area contributed by atoms with Crippen molar-refractivity contribution in [3.63, 3.8) is 0 Å². The van der Waals surface area contributed by atoms with Crippen LogP contribution in [0.5, 0.6) is 11.5 Å². The third kappa shape index (κ3) is 6.59. The summed E-state index contributed by atoms with van der Waals surface area (Å²) in [5.41, 5.74) is 2.19. The fraction of sp³-hybridized carbons (Fsp3) is 0.500. The number of sulfonamides is 1. The summed E-state index contributed by atoms with van der Waals surface area (Å²) in [7, 11) is -3.84. The van der Waals surface area contributed by atoms with Gasteiger partial charge < -0.3 is 19.7 Å². The zero-order valence-electron chi connectivity index (χ0n) is 22.3. The highest BCUT2D eigenvalue weighted by atomic mass is 32.2. The summed E-state index contributed by atoms with van der Waals surface area (Å²) in [6, 6.07) is 11.9. The Morgan fingerprint density at radius 1 is 1.05 bits per heavy atom. The number of aryl methyl sites for hydroxylation is 1. The lowest BCUT2D eigenvalue weighted by Gasteiger charge is -2.34. The average molecular weight is 544 g/mol. The topological polar surface area (TPSA) is 105 Å². The van der Waals surface area contributed by atoms with E-state index in [0.717, 1.165) is 47.4 Å². The van der Waals surface area contributed by atoms with E-state index in [9.17, 15) is 18.0 Å². The second kappa shape index (κ2) is 12.1. The van der Waals surface area contributed by atoms with Gasteiger partial charge in [-0.2, -0.15) is 0 Å². The number of nitrogens with zero attached hydrogens (tertiary/aromatic N) is 2. The van der Waals surface area contributed by atoms with Crippen molar-refractivity contribution in [3.8, 4) is 11.5 Å². The van der Waals surface area contributed by atoms with Crippen LogP contribution in [0.2, 0.25) is 0 Å². The molecule has 1 heterocycles. The molecule has 10 heteroatoms. The van der Waals surface area contributed by atoms with E-state index in [0.29, 0.717) is 36.8 Å². The van der Waals surface area contributed by atoms with Crippen molar-refractivity contribution in [1.29, 1.82) is 0 Å². The van der Waals surface area contributed by atoms with Crippen LogP contribution in [-0.2, 0) is 26.2 Å². The second-order valence-corrected chi connectivity index (χ2v) is 11.9. The lowest BCUT2D eigenvalue weighted by molar-refractivity contribution is -0.140. The molecule has 1 atom stereocenters. The highest BCUT2D eigenvalue weighted by molar-refractivity contribution is 7.92. The molecule has 2 aromatic carbocycles. The minimum absolute atomic E-state index is 0.109. The van der Waals surface area contributed by atoms with Gasteiger partial charge in [-0.05, 0) is 49.4 Å². The summed E-state index contributed by atoms with van der Waals surface area (Å²) in [6.45, 7) is 4.34. The van der Waals surface area contributed by atoms with E-state index in [-0.39, 0.29) is 18.5 Å². The SMILES string of the molecule is CCC(C(=O)NC1CCCC1)N(Cc1ccccc1C)C(=O)CN(c1ccc2c(c1)OCCO2)S(C)(=O)=O. The summed E-state index contributed by atoms with van der Waals surface area (Å²) >= 11 is 0. The Bertz CT molecular complexity index is 1260. The molecule has 0 spiro atoms. The normalized spacial score (nSPS) is 16.1. The first-order chi connectivity index (χ1) is 18.2. The Kier molecular flexibility index (Phi) is 8.81. The Labute approximate surface area is 225 Å². The van der Waals surface area contributed by atoms with Crippen molar-refractivity contribution in [1.82, 2.24) is 10.2 Å². The number of ether oxygens (including phenoxy) is 2. The van der Waals surface area contributed by atoms with Crippen molar-refractivity contribution in [2.45, 2.75) is 64.6 Å². The number of hydrogen-bond donors (Lipinski definition) is 1. The Morgan fingerprint density at radius 3 is 2.39 bits per heavy atom. The predicted molar refractivity (Wildman–Crippen MR) is 146 cm³/mol. The van der Waals surface area contributed by atoms with Crippen LogP contribution in [0.1, 0.15) is 50.2 Å². The first-order valence-corrected chi connectivity index (χ1v) is 15.0. The van der Waals surface area contributed by atoms with Crippen LogP contribution >= 0.6 is 0 Å². The van der Waals surface area contributed by atoms with Crippen molar-refractivity contribution < 1.29 is 27.5 Å². The van der Waals surface area contributed by atoms with Crippen molar-refractivity contribution in [2.75, 3.05) is 30.3 Å². The molecular formula is C28H37N3O6S. The van der Waals surface area contributed by atoms with Crippen molar-refractivity contribution >= 4 is 27.5 Å². The minimum Gasteiger partial charge on any atom is -0.486 e. The van der Waals surface area contributed by atoms with Crippen LogP contribution in [-0.4, -0.2) is 63.2 Å². The van der Waals surface area contributed by atoms with Gasteiger partial charge in [-0.3, -0.25) is 13.9 Å². The maximum atomic E-state index is 13.9. The fourth-order valence-corrected chi connectivity index (χ4v) is 5.90. The minimum atomic E-state index is -3.84. The number of benzene rings is 2. The second-order valence-electron chi connectivity index (χ2n) is 9.96. The summed E-state index contributed by atoms with van der Waals surface area (Å²) in [4.78, 5) is 28.8. The lowest BCUT2D eigenvalue weighted by Crippen LogP contribution is -2.53. The monoisotopic (exact) mass is 543 g/mol. The zero-order chi connectivity index (χ0) is 27.3. The molecule has 2 aliphatic rings. The predicted octanol–water partition coefficient (Wildman–Crippen LogP) is 3.40. The van der Waals surface area contributed by atoms with Gasteiger partial charge in [-0.15, -0.1) is 0 Å². The van der Waals surface area contributed by atoms with Gasteiger partial charge in [0.1, 0.15) is 25.8 Å². The number of anilines is 1. The molecule has 0 radical (unpaired) electrons. The average Bonchev–Trinajstić information content (AvgIpc) is 3.40. The van der Waals surface area contributed by atoms with E-state index >= 15 is 0 Å². The Morgan fingerprint density at radius 2 is 1.74 bits per heavy atom. The van der Waals surface area contributed by atoms with Crippen LogP contribution in [0, 0.1) is 6.92 Å². The summed E-state index contributed by atoms with van der Waals surface area (Å²) < 4.78 is 38.0. The summed E-state index contributed by atoms with van der Waals surface area (Å²) in [5.74, 6) is 0.290. The first kappa shape index (κ1) is 27.8. The highest BCUT2D eigenvalue weighted by Crippen LogP contribution is 2.35. The number of fused-ring (bicyclic) bond motifs is 1. The molecule has 4 rings (SSSR count). The number of amides is 2. The molecule has 0 saturated heterocycles. The van der Waals surface area contributed by atoms with Gasteiger partial charge in [-0.25, -0.2) is 8.42 Å². The van der Waals surface area contributed by atoms with Gasteiger partial charge in [0.2, 0.25) is 21.8 Å². The number of carbonyl (C=O) groups is 2. The van der Waals surface area contributed by atoms with Crippen LogP contribution in [0.25, 0.3) is 0 Å². The largest absolute Gasteiger partial charge is 0.486 e. The maximum Gasteiger partial charge on any atom is 0.244 e. The standard InChI is InChI=1S/C28H37N3O6S/c1-4-24(28(33)29-22-11-7-8-12-22)30(18-21-10-6-5-9-20(21)2)27(32)19-31(38(3,34)35)23-13-14-25-26(17-23)37-16-15-36-25/h5-6,9-10,13-14,17,22,24H,4,7-8,11-12,15-16,18-19H2,1-3H3,(H,29,33). The summed E-state index contributed by atoms with van der Waals surface area (Å²) in [5, 5.41) is 3.12. The van der Waals surface area contributed by atoms with Gasteiger partial charge in [0.25, 0.3) is 0 Å². The smallest absolute Gasteiger partial charge is 0.244 e. The molecule has 206 valence electrons. The Hall–Kier alpha value is -3.27. The molecule has 38 heavy (non-hydrogen) atoms. The molecule has 2 aromatic rings. The van der Waals surface area contributed by atoms with Crippen molar-refractivity contribution in [2.24, 2.45) is 0 Å². The first-order valence-electron chi connectivity index (χ1n) is 13.2. The molecule has 1 aliphatic heterocycles. The number of carbonyl (C=O) groups excluding carboxylic acids is 2. The summed E-state index contributed by atoms with van der Waals surface area (Å²) in [6.07, 6.45) is 5.48. The molecular weight excluding hydrogens is 506 g/mol. The molecule has 1 unspecified atom stereocenters. The van der Waals surface area contributed by atoms with Gasteiger partial charge in [-0.1, -0.05) is 44.0 Å². The van der Waals surface area contributed by atoms with E-state index in [1.165, 1.54) is 4.90 Å². The van der Waals surface area contributed by atoms with Crippen LogP contribution in [0.15, 0.2) is 42.5 Å². The van der Waals surface area contributed by atoms with Gasteiger partial charge in [0, 0.05) is 18.7 Å². The fourth-order valence-electron chi connectivity index (χ4n) is 5.06. The zero-order valence-corrected chi connectivity index (χ0v) is 23.1. The van der Waals surface area contributed by atoms with E-state index in [4.69, 9.17) is 9.47 Å². The van der Waals surface area contributed by atoms with Gasteiger partial charge in [0.15, 0.2) is 11.5 Å². The van der Waals surface area contributed by atoms with Gasteiger partial charge in [0.05, 0.1) is 11.9 Å². The molecule has 0 bridgehead atoms. The number of nitrogens with one attached hydrogen (secondary N) is 1. The maximum absolute atomic E-state index is 13.9. The van der Waals surface area contributed by atoms with E-state index in [2.05, 4.69) is 5.32 Å². The third-order valence-corrected chi connectivity index (χ3v) is 8.32. The lowest BCUT2D eigenvalue weighted by atomic mass is 10.1. The van der Waals surface area contributed by atoms with Gasteiger partial charge >= 0.3 is 0 Å². The van der Waals surface area contributed by atoms with Crippen molar-refractivity contribution in [3.05, 3.63) is 53.6 Å². The van der Waals surface area contributed by atoms with Crippen LogP contribution in [0.4, 0.5) is 5.69 Å². The molecule has 1 N–H and O–H groups in total. The van der Waals surface area contributed by atoms with Crippen LogP contribution < -0.4 is 19.1 Å². The van der Waals surface area contributed by atoms with E-state index < -0.39 is 28.5 Å². The molecule has 9 nitrogen and oxygen atoms in total. The molecule has 2 amide bonds. The number of hydrogen-bond acceptors (Lipinski definition) is 6. The Balaban J connectivity index is 1.64. The molecule has 1 aliphatic carbocycles. The van der Waals surface area contributed by atoms with Crippen LogP contribution in [0.3, 0.4) is 0 Å². The molecule has 1 saturated carbocycles. The van der Waals surface area contributed by atoms with E-state index in [1.807, 2.05) is 38.1 Å².